The largest absolute Gasteiger partial charge is 0.336 e. The van der Waals surface area contributed by atoms with Gasteiger partial charge >= 0.3 is 0 Å². The molecule has 4 heterocycles. The summed E-state index contributed by atoms with van der Waals surface area (Å²) in [6.45, 7) is 1.13. The Morgan fingerprint density at radius 2 is 1.73 bits per heavy atom. The molecule has 5 rings (SSSR count). The molecule has 0 saturated carbocycles. The molecule has 1 aromatic carbocycles. The molecule has 0 aliphatic carbocycles. The van der Waals surface area contributed by atoms with E-state index in [0.29, 0.717) is 28.6 Å². The lowest BCUT2D eigenvalue weighted by Crippen LogP contribution is -2.50. The van der Waals surface area contributed by atoms with Crippen LogP contribution in [0.1, 0.15) is 10.4 Å². The number of sulfonamides is 1. The Bertz CT molecular complexity index is 1350. The summed E-state index contributed by atoms with van der Waals surface area (Å²) in [5, 5.41) is 6.43. The van der Waals surface area contributed by atoms with E-state index in [1.54, 1.807) is 51.8 Å². The lowest BCUT2D eigenvalue weighted by atomic mass is 10.1. The summed E-state index contributed by atoms with van der Waals surface area (Å²) in [7, 11) is -3.53. The number of hydrogen-bond donors (Lipinski definition) is 0. The van der Waals surface area contributed by atoms with E-state index in [1.807, 2.05) is 36.4 Å². The van der Waals surface area contributed by atoms with Gasteiger partial charge in [-0.05, 0) is 35.7 Å². The summed E-state index contributed by atoms with van der Waals surface area (Å²) in [5.41, 5.74) is 2.59. The van der Waals surface area contributed by atoms with Crippen molar-refractivity contribution in [3.63, 3.8) is 0 Å². The quantitative estimate of drug-likeness (QED) is 0.439. The normalized spacial score (nSPS) is 15.0. The molecule has 33 heavy (non-hydrogen) atoms. The van der Waals surface area contributed by atoms with Gasteiger partial charge < -0.3 is 4.90 Å². The molecule has 0 unspecified atom stereocenters. The van der Waals surface area contributed by atoms with Crippen LogP contribution in [0.25, 0.3) is 16.9 Å². The van der Waals surface area contributed by atoms with Gasteiger partial charge in [0, 0.05) is 50.3 Å². The summed E-state index contributed by atoms with van der Waals surface area (Å²) in [5.74, 6) is -0.177. The minimum Gasteiger partial charge on any atom is -0.336 e. The molecular weight excluding hydrogens is 458 g/mol. The fourth-order valence-electron chi connectivity index (χ4n) is 3.80. The van der Waals surface area contributed by atoms with Crippen LogP contribution in [0.15, 0.2) is 82.8 Å². The number of carbonyl (C=O) groups excluding carboxylic acids is 1. The van der Waals surface area contributed by atoms with Gasteiger partial charge in [0.05, 0.1) is 11.3 Å². The van der Waals surface area contributed by atoms with E-state index in [-0.39, 0.29) is 19.0 Å². The summed E-state index contributed by atoms with van der Waals surface area (Å²) in [6.07, 6.45) is 5.08. The highest BCUT2D eigenvalue weighted by molar-refractivity contribution is 7.91. The molecule has 0 atom stereocenters. The summed E-state index contributed by atoms with van der Waals surface area (Å²) < 4.78 is 29.1. The predicted octanol–water partition coefficient (Wildman–Crippen LogP) is 3.14. The Labute approximate surface area is 195 Å². The van der Waals surface area contributed by atoms with Gasteiger partial charge in [0.2, 0.25) is 0 Å². The number of para-hydroxylation sites is 1. The number of carbonyl (C=O) groups is 1. The summed E-state index contributed by atoms with van der Waals surface area (Å²) >= 11 is 1.20. The fraction of sp³-hybridized carbons (Fsp3) is 0.174. The Morgan fingerprint density at radius 3 is 2.39 bits per heavy atom. The van der Waals surface area contributed by atoms with Gasteiger partial charge in [-0.3, -0.25) is 9.78 Å². The van der Waals surface area contributed by atoms with Crippen molar-refractivity contribution < 1.29 is 13.2 Å². The molecule has 4 aromatic rings. The molecule has 1 saturated heterocycles. The lowest BCUT2D eigenvalue weighted by Gasteiger charge is -2.33. The first-order valence-electron chi connectivity index (χ1n) is 10.4. The molecule has 1 fully saturated rings. The molecule has 8 nitrogen and oxygen atoms in total. The van der Waals surface area contributed by atoms with Crippen molar-refractivity contribution in [2.45, 2.75) is 4.21 Å². The van der Waals surface area contributed by atoms with E-state index < -0.39 is 10.0 Å². The number of pyridine rings is 1. The minimum absolute atomic E-state index is 0.177. The van der Waals surface area contributed by atoms with E-state index in [4.69, 9.17) is 0 Å². The zero-order valence-electron chi connectivity index (χ0n) is 17.6. The van der Waals surface area contributed by atoms with Gasteiger partial charge in [0.15, 0.2) is 0 Å². The van der Waals surface area contributed by atoms with E-state index in [1.165, 1.54) is 15.6 Å². The number of thiophene rings is 1. The van der Waals surface area contributed by atoms with Crippen LogP contribution in [0.5, 0.6) is 0 Å². The Balaban J connectivity index is 1.41. The zero-order chi connectivity index (χ0) is 22.8. The maximum Gasteiger partial charge on any atom is 0.257 e. The number of piperazine rings is 1. The van der Waals surface area contributed by atoms with Crippen molar-refractivity contribution >= 4 is 27.3 Å². The number of rotatable bonds is 5. The molecule has 168 valence electrons. The van der Waals surface area contributed by atoms with E-state index in [0.717, 1.165) is 11.3 Å². The molecule has 10 heteroatoms. The molecule has 0 spiro atoms. The van der Waals surface area contributed by atoms with Crippen molar-refractivity contribution in [1.29, 1.82) is 0 Å². The van der Waals surface area contributed by atoms with Gasteiger partial charge in [-0.15, -0.1) is 11.3 Å². The first-order chi connectivity index (χ1) is 16.0. The van der Waals surface area contributed by atoms with E-state index in [2.05, 4.69) is 10.1 Å². The Morgan fingerprint density at radius 1 is 0.939 bits per heavy atom. The molecule has 3 aromatic heterocycles. The van der Waals surface area contributed by atoms with Crippen LogP contribution in [0.3, 0.4) is 0 Å². The topological polar surface area (TPSA) is 88.4 Å². The number of amides is 1. The van der Waals surface area contributed by atoms with Crippen molar-refractivity contribution in [2.24, 2.45) is 0 Å². The average molecular weight is 480 g/mol. The van der Waals surface area contributed by atoms with Crippen molar-refractivity contribution in [3.05, 3.63) is 84.1 Å². The van der Waals surface area contributed by atoms with Gasteiger partial charge in [-0.2, -0.15) is 9.40 Å². The second-order valence-electron chi connectivity index (χ2n) is 7.54. The van der Waals surface area contributed by atoms with Gasteiger partial charge in [0.25, 0.3) is 15.9 Å². The van der Waals surface area contributed by atoms with Crippen LogP contribution in [0.2, 0.25) is 0 Å². The third-order valence-electron chi connectivity index (χ3n) is 5.52. The molecular formula is C23H21N5O3S2. The SMILES string of the molecule is O=C(c1cn(-c2ccccc2)nc1-c1cccnc1)N1CCN(S(=O)(=O)c2cccs2)CC1. The lowest BCUT2D eigenvalue weighted by molar-refractivity contribution is 0.0698. The molecule has 0 radical (unpaired) electrons. The van der Waals surface area contributed by atoms with Crippen LogP contribution >= 0.6 is 11.3 Å². The summed E-state index contributed by atoms with van der Waals surface area (Å²) in [6, 6.07) is 16.6. The van der Waals surface area contributed by atoms with Crippen molar-refractivity contribution in [2.75, 3.05) is 26.2 Å². The molecule has 1 amide bonds. The molecule has 0 N–H and O–H groups in total. The van der Waals surface area contributed by atoms with Crippen LogP contribution in [-0.4, -0.2) is 64.5 Å². The number of hydrogen-bond acceptors (Lipinski definition) is 6. The highest BCUT2D eigenvalue weighted by atomic mass is 32.2. The van der Waals surface area contributed by atoms with Crippen LogP contribution < -0.4 is 0 Å². The van der Waals surface area contributed by atoms with Gasteiger partial charge in [-0.25, -0.2) is 13.1 Å². The standard InChI is InChI=1S/C23H21N5O3S2/c29-23(26-11-13-27(14-12-26)33(30,31)21-9-5-15-32-21)20-17-28(19-7-2-1-3-8-19)25-22(20)18-6-4-10-24-16-18/h1-10,15-17H,11-14H2. The second kappa shape index (κ2) is 8.89. The smallest absolute Gasteiger partial charge is 0.257 e. The van der Waals surface area contributed by atoms with Crippen LogP contribution in [-0.2, 0) is 10.0 Å². The third-order valence-corrected chi connectivity index (χ3v) is 8.79. The first kappa shape index (κ1) is 21.5. The van der Waals surface area contributed by atoms with Crippen LogP contribution in [0.4, 0.5) is 0 Å². The zero-order valence-corrected chi connectivity index (χ0v) is 19.2. The monoisotopic (exact) mass is 479 g/mol. The number of nitrogens with zero attached hydrogens (tertiary/aromatic N) is 5. The van der Waals surface area contributed by atoms with Gasteiger partial charge in [0.1, 0.15) is 9.90 Å². The number of benzene rings is 1. The van der Waals surface area contributed by atoms with E-state index >= 15 is 0 Å². The van der Waals surface area contributed by atoms with Crippen molar-refractivity contribution in [3.8, 4) is 16.9 Å². The molecule has 0 bridgehead atoms. The maximum atomic E-state index is 13.5. The first-order valence-corrected chi connectivity index (χ1v) is 12.7. The Kier molecular flexibility index (Phi) is 5.79. The second-order valence-corrected chi connectivity index (χ2v) is 10.7. The highest BCUT2D eigenvalue weighted by Crippen LogP contribution is 2.26. The predicted molar refractivity (Wildman–Crippen MR) is 126 cm³/mol. The third kappa shape index (κ3) is 4.20. The van der Waals surface area contributed by atoms with Crippen LogP contribution in [0, 0.1) is 0 Å². The minimum atomic E-state index is -3.53. The molecule has 1 aliphatic rings. The Hall–Kier alpha value is -3.34. The molecule has 1 aliphatic heterocycles. The van der Waals surface area contributed by atoms with Crippen molar-refractivity contribution in [1.82, 2.24) is 24.0 Å². The summed E-state index contributed by atoms with van der Waals surface area (Å²) in [4.78, 5) is 19.4. The van der Waals surface area contributed by atoms with E-state index in [9.17, 15) is 13.2 Å². The highest BCUT2D eigenvalue weighted by Gasteiger charge is 2.32. The van der Waals surface area contributed by atoms with Gasteiger partial charge in [-0.1, -0.05) is 24.3 Å². The fourth-order valence-corrected chi connectivity index (χ4v) is 6.37. The maximum absolute atomic E-state index is 13.5. The average Bonchev–Trinajstić information content (AvgIpc) is 3.56. The number of aromatic nitrogens is 3.